The zero-order valence-electron chi connectivity index (χ0n) is 11.8. The van der Waals surface area contributed by atoms with Crippen LogP contribution in [0, 0.1) is 6.92 Å². The monoisotopic (exact) mass is 268 g/mol. The van der Waals surface area contributed by atoms with Crippen molar-refractivity contribution < 1.29 is 0 Å². The lowest BCUT2D eigenvalue weighted by Crippen LogP contribution is -2.45. The lowest BCUT2D eigenvalue weighted by Gasteiger charge is -2.20. The maximum Gasteiger partial charge on any atom is 0.188 e. The van der Waals surface area contributed by atoms with Crippen molar-refractivity contribution in [1.29, 1.82) is 0 Å². The van der Waals surface area contributed by atoms with Crippen LogP contribution in [0.4, 0.5) is 0 Å². The van der Waals surface area contributed by atoms with Crippen molar-refractivity contribution in [2.24, 2.45) is 10.7 Å². The Labute approximate surface area is 114 Å². The van der Waals surface area contributed by atoms with Gasteiger partial charge < -0.3 is 11.1 Å². The fourth-order valence-corrected chi connectivity index (χ4v) is 2.35. The van der Waals surface area contributed by atoms with E-state index >= 15 is 0 Å². The van der Waals surface area contributed by atoms with E-state index < -0.39 is 0 Å². The second-order valence-corrected chi connectivity index (χ2v) is 6.42. The second kappa shape index (κ2) is 6.73. The third-order valence-corrected chi connectivity index (χ3v) is 3.28. The van der Waals surface area contributed by atoms with Crippen molar-refractivity contribution in [3.8, 4) is 0 Å². The predicted molar refractivity (Wildman–Crippen MR) is 79.2 cm³/mol. The van der Waals surface area contributed by atoms with E-state index in [1.54, 1.807) is 11.3 Å². The van der Waals surface area contributed by atoms with E-state index in [4.69, 9.17) is 5.73 Å². The third kappa shape index (κ3) is 6.59. The summed E-state index contributed by atoms with van der Waals surface area (Å²) in [5, 5.41) is 6.46. The summed E-state index contributed by atoms with van der Waals surface area (Å²) in [6.45, 7) is 9.02. The van der Waals surface area contributed by atoms with Gasteiger partial charge >= 0.3 is 0 Å². The molecule has 5 heteroatoms. The van der Waals surface area contributed by atoms with Crippen molar-refractivity contribution in [2.45, 2.75) is 52.5 Å². The molecule has 3 N–H and O–H groups in total. The largest absolute Gasteiger partial charge is 0.370 e. The van der Waals surface area contributed by atoms with Gasteiger partial charge in [0.2, 0.25) is 0 Å². The molecule has 0 aromatic carbocycles. The van der Waals surface area contributed by atoms with Crippen molar-refractivity contribution in [1.82, 2.24) is 10.3 Å². The van der Waals surface area contributed by atoms with Crippen LogP contribution in [0.2, 0.25) is 0 Å². The van der Waals surface area contributed by atoms with Gasteiger partial charge in [-0.05, 0) is 47.0 Å². The van der Waals surface area contributed by atoms with E-state index in [1.165, 1.54) is 5.01 Å². The maximum absolute atomic E-state index is 5.79. The molecule has 1 aromatic rings. The van der Waals surface area contributed by atoms with Crippen LogP contribution in [0.3, 0.4) is 0 Å². The van der Waals surface area contributed by atoms with Gasteiger partial charge in [-0.1, -0.05) is 0 Å². The molecule has 0 saturated carbocycles. The van der Waals surface area contributed by atoms with E-state index in [0.29, 0.717) is 5.96 Å². The van der Waals surface area contributed by atoms with E-state index in [9.17, 15) is 0 Å². The van der Waals surface area contributed by atoms with Crippen LogP contribution in [0.5, 0.6) is 0 Å². The minimum Gasteiger partial charge on any atom is -0.370 e. The first-order chi connectivity index (χ1) is 8.37. The molecule has 0 unspecified atom stereocenters. The van der Waals surface area contributed by atoms with E-state index in [1.807, 2.05) is 6.92 Å². The first-order valence-corrected chi connectivity index (χ1v) is 7.24. The smallest absolute Gasteiger partial charge is 0.188 e. The topological polar surface area (TPSA) is 63.3 Å². The summed E-state index contributed by atoms with van der Waals surface area (Å²) in [4.78, 5) is 8.75. The molecule has 1 rings (SSSR count). The number of hydrogen-bond acceptors (Lipinski definition) is 3. The molecule has 0 aliphatic heterocycles. The molecule has 0 aliphatic rings. The van der Waals surface area contributed by atoms with Crippen molar-refractivity contribution in [2.75, 3.05) is 6.54 Å². The minimum absolute atomic E-state index is 0.0218. The summed E-state index contributed by atoms with van der Waals surface area (Å²) in [7, 11) is 0. The highest BCUT2D eigenvalue weighted by Gasteiger charge is 2.09. The third-order valence-electron chi connectivity index (χ3n) is 2.25. The van der Waals surface area contributed by atoms with E-state index in [0.717, 1.165) is 31.5 Å². The molecule has 0 aliphatic carbocycles. The van der Waals surface area contributed by atoms with Gasteiger partial charge in [0.15, 0.2) is 5.96 Å². The Morgan fingerprint density at radius 3 is 2.72 bits per heavy atom. The number of nitrogens with zero attached hydrogens (tertiary/aromatic N) is 2. The second-order valence-electron chi connectivity index (χ2n) is 5.48. The molecular formula is C13H24N4S. The number of guanidine groups is 1. The minimum atomic E-state index is -0.0218. The molecular weight excluding hydrogens is 244 g/mol. The number of hydrogen-bond donors (Lipinski definition) is 2. The van der Waals surface area contributed by atoms with E-state index in [2.05, 4.69) is 41.4 Å². The highest BCUT2D eigenvalue weighted by Crippen LogP contribution is 2.11. The molecule has 0 radical (unpaired) electrons. The number of rotatable bonds is 5. The highest BCUT2D eigenvalue weighted by atomic mass is 32.1. The highest BCUT2D eigenvalue weighted by molar-refractivity contribution is 7.09. The molecule has 0 amide bonds. The number of aryl methyl sites for hydroxylation is 2. The van der Waals surface area contributed by atoms with E-state index in [-0.39, 0.29) is 5.54 Å². The molecule has 0 saturated heterocycles. The summed E-state index contributed by atoms with van der Waals surface area (Å²) >= 11 is 1.74. The van der Waals surface area contributed by atoms with Crippen LogP contribution < -0.4 is 11.1 Å². The average Bonchev–Trinajstić information content (AvgIpc) is 2.61. The van der Waals surface area contributed by atoms with Gasteiger partial charge in [0.1, 0.15) is 0 Å². The van der Waals surface area contributed by atoms with Gasteiger partial charge in [0.05, 0.1) is 5.01 Å². The number of nitrogens with one attached hydrogen (secondary N) is 1. The molecule has 0 bridgehead atoms. The van der Waals surface area contributed by atoms with Gasteiger partial charge in [-0.15, -0.1) is 11.3 Å². The number of unbranched alkanes of at least 4 members (excludes halogenated alkanes) is 1. The van der Waals surface area contributed by atoms with Crippen LogP contribution in [-0.4, -0.2) is 23.0 Å². The fourth-order valence-electron chi connectivity index (χ4n) is 1.53. The molecule has 1 heterocycles. The Kier molecular flexibility index (Phi) is 5.59. The van der Waals surface area contributed by atoms with Crippen molar-refractivity contribution in [3.05, 3.63) is 16.1 Å². The van der Waals surface area contributed by atoms with Crippen LogP contribution in [0.25, 0.3) is 0 Å². The fraction of sp³-hybridized carbons (Fsp3) is 0.692. The van der Waals surface area contributed by atoms with Gasteiger partial charge in [0.25, 0.3) is 0 Å². The number of aromatic nitrogens is 1. The van der Waals surface area contributed by atoms with Gasteiger partial charge in [0, 0.05) is 23.2 Å². The SMILES string of the molecule is Cc1csc(CCCCN=C(N)NC(C)(C)C)n1. The first-order valence-electron chi connectivity index (χ1n) is 6.36. The Bertz CT molecular complexity index is 390. The molecule has 102 valence electrons. The number of nitrogens with two attached hydrogens (primary N) is 1. The lowest BCUT2D eigenvalue weighted by molar-refractivity contribution is 0.508. The zero-order valence-corrected chi connectivity index (χ0v) is 12.6. The Balaban J connectivity index is 2.16. The molecule has 0 spiro atoms. The van der Waals surface area contributed by atoms with Gasteiger partial charge in [-0.2, -0.15) is 0 Å². The molecule has 18 heavy (non-hydrogen) atoms. The maximum atomic E-state index is 5.79. The summed E-state index contributed by atoms with van der Waals surface area (Å²) in [6, 6.07) is 0. The van der Waals surface area contributed by atoms with Gasteiger partial charge in [-0.3, -0.25) is 4.99 Å². The zero-order chi connectivity index (χ0) is 13.6. The van der Waals surface area contributed by atoms with Crippen molar-refractivity contribution in [3.63, 3.8) is 0 Å². The Hall–Kier alpha value is -1.10. The standard InChI is InChI=1S/C13H24N4S/c1-10-9-18-11(16-10)7-5-6-8-15-12(14)17-13(2,3)4/h9H,5-8H2,1-4H3,(H3,14,15,17). The first kappa shape index (κ1) is 15.0. The summed E-state index contributed by atoms with van der Waals surface area (Å²) in [6.07, 6.45) is 3.20. The summed E-state index contributed by atoms with van der Waals surface area (Å²) in [5.41, 5.74) is 6.88. The average molecular weight is 268 g/mol. The number of thiazole rings is 1. The van der Waals surface area contributed by atoms with Crippen LogP contribution in [0.15, 0.2) is 10.4 Å². The Morgan fingerprint density at radius 1 is 1.44 bits per heavy atom. The number of aliphatic imine (C=N–C) groups is 1. The normalized spacial score (nSPS) is 12.8. The molecule has 1 aromatic heterocycles. The lowest BCUT2D eigenvalue weighted by atomic mass is 10.1. The molecule has 0 fully saturated rings. The van der Waals surface area contributed by atoms with Crippen molar-refractivity contribution >= 4 is 17.3 Å². The predicted octanol–water partition coefficient (Wildman–Crippen LogP) is 2.48. The summed E-state index contributed by atoms with van der Waals surface area (Å²) in [5.74, 6) is 0.535. The van der Waals surface area contributed by atoms with Gasteiger partial charge in [-0.25, -0.2) is 4.98 Å². The molecule has 4 nitrogen and oxygen atoms in total. The van der Waals surface area contributed by atoms with Crippen LogP contribution in [-0.2, 0) is 6.42 Å². The quantitative estimate of drug-likeness (QED) is 0.490. The molecule has 0 atom stereocenters. The Morgan fingerprint density at radius 2 is 2.17 bits per heavy atom. The summed E-state index contributed by atoms with van der Waals surface area (Å²) < 4.78 is 0. The van der Waals surface area contributed by atoms with Crippen LogP contribution in [0.1, 0.15) is 44.3 Å². The van der Waals surface area contributed by atoms with Crippen LogP contribution >= 0.6 is 11.3 Å².